The zero-order chi connectivity index (χ0) is 28.3. The zero-order valence-corrected chi connectivity index (χ0v) is 23.5. The Balaban J connectivity index is 1.61. The van der Waals surface area contributed by atoms with Crippen LogP contribution in [0.15, 0.2) is 0 Å². The van der Waals surface area contributed by atoms with Gasteiger partial charge in [0.2, 0.25) is 17.7 Å². The number of amides is 3. The second kappa shape index (κ2) is 12.9. The number of alkyl halides is 2. The van der Waals surface area contributed by atoms with E-state index in [4.69, 9.17) is 20.3 Å². The highest BCUT2D eigenvalue weighted by Gasteiger charge is 2.55. The summed E-state index contributed by atoms with van der Waals surface area (Å²) in [5, 5.41) is 5.75. The molecule has 0 bridgehead atoms. The summed E-state index contributed by atoms with van der Waals surface area (Å²) < 4.78 is 45.4. The molecule has 0 aromatic carbocycles. The molecule has 218 valence electrons. The fourth-order valence-corrected chi connectivity index (χ4v) is 8.23. The number of primary amides is 1. The average Bonchev–Trinajstić information content (AvgIpc) is 3.07. The Kier molecular flexibility index (Phi) is 10.6. The molecular formula is C24H40F2N3O7PS. The van der Waals surface area contributed by atoms with E-state index >= 15 is 0 Å². The fourth-order valence-electron chi connectivity index (χ4n) is 6.07. The largest absolute Gasteiger partial charge is 0.394 e. The van der Waals surface area contributed by atoms with Crippen LogP contribution in [0.1, 0.15) is 65.2 Å². The van der Waals surface area contributed by atoms with E-state index in [9.17, 15) is 27.7 Å². The van der Waals surface area contributed by atoms with Crippen molar-refractivity contribution >= 4 is 37.1 Å². The molecule has 0 aromatic heterocycles. The highest BCUT2D eigenvalue weighted by atomic mass is 32.2. The molecule has 0 aromatic rings. The number of hydrogen-bond acceptors (Lipinski definition) is 6. The average molecular weight is 584 g/mol. The van der Waals surface area contributed by atoms with Gasteiger partial charge in [-0.25, -0.2) is 0 Å². The van der Waals surface area contributed by atoms with Gasteiger partial charge in [0.05, 0.1) is 12.0 Å². The highest BCUT2D eigenvalue weighted by Crippen LogP contribution is 2.60. The van der Waals surface area contributed by atoms with Crippen molar-refractivity contribution in [3.8, 4) is 0 Å². The van der Waals surface area contributed by atoms with Crippen LogP contribution in [-0.4, -0.2) is 69.0 Å². The van der Waals surface area contributed by atoms with Gasteiger partial charge in [0.25, 0.3) is 0 Å². The molecular weight excluding hydrogens is 543 g/mol. The van der Waals surface area contributed by atoms with Crippen molar-refractivity contribution in [2.24, 2.45) is 29.4 Å². The van der Waals surface area contributed by atoms with Crippen LogP contribution >= 0.6 is 19.4 Å². The molecule has 6 atom stereocenters. The number of hydrogen-bond donors (Lipinski definition) is 5. The number of fused-ring (bicyclic) bond motifs is 1. The first kappa shape index (κ1) is 31.3. The third-order valence-corrected chi connectivity index (χ3v) is 10.8. The molecule has 6 N–H and O–H groups in total. The minimum atomic E-state index is -5.56. The van der Waals surface area contributed by atoms with Gasteiger partial charge in [0.15, 0.2) is 0 Å². The summed E-state index contributed by atoms with van der Waals surface area (Å²) in [5.74, 6) is -2.34. The topological polar surface area (TPSA) is 168 Å². The first-order valence-corrected chi connectivity index (χ1v) is 15.9. The molecule has 0 spiro atoms. The normalized spacial score (nSPS) is 32.3. The zero-order valence-electron chi connectivity index (χ0n) is 21.8. The molecule has 2 aliphatic carbocycles. The maximum absolute atomic E-state index is 14.1. The van der Waals surface area contributed by atoms with Crippen molar-refractivity contribution in [1.82, 2.24) is 10.6 Å². The molecule has 14 heteroatoms. The van der Waals surface area contributed by atoms with E-state index in [1.165, 1.54) is 6.92 Å². The number of carbonyl (C=O) groups excluding carboxylic acids is 3. The molecule has 6 unspecified atom stereocenters. The lowest BCUT2D eigenvalue weighted by atomic mass is 9.75. The Hall–Kier alpha value is -1.27. The first-order chi connectivity index (χ1) is 17.7. The van der Waals surface area contributed by atoms with Crippen LogP contribution in [0, 0.1) is 23.7 Å². The number of thioether (sulfide) groups is 1. The number of carbonyl (C=O) groups is 3. The van der Waals surface area contributed by atoms with E-state index in [1.54, 1.807) is 11.8 Å². The number of halogens is 2. The lowest BCUT2D eigenvalue weighted by molar-refractivity contribution is -0.131. The third-order valence-electron chi connectivity index (χ3n) is 8.22. The lowest BCUT2D eigenvalue weighted by Crippen LogP contribution is -2.54. The standard InChI is InChI=1S/C24H40F2N3O7PS/c1-13(16-11-18(22(27)31)21-20(12-16)38-9-3-8-36-21)28-23(32)19(29-14(2)30)10-15-4-6-17(7-5-15)24(25,26)37(33,34)35/h13,15-21H,3-12H2,1-2H3,(H2,27,31)(H,28,32)(H,29,30)(H2,33,34,35). The third kappa shape index (κ3) is 7.68. The molecule has 3 rings (SSSR count). The maximum Gasteiger partial charge on any atom is 0.394 e. The summed E-state index contributed by atoms with van der Waals surface area (Å²) in [6, 6.07) is -1.18. The van der Waals surface area contributed by atoms with Gasteiger partial charge < -0.3 is 30.9 Å². The van der Waals surface area contributed by atoms with Crippen LogP contribution in [-0.2, 0) is 23.7 Å². The molecule has 1 heterocycles. The fraction of sp³-hybridized carbons (Fsp3) is 0.875. The Labute approximate surface area is 226 Å². The number of nitrogens with two attached hydrogens (primary N) is 1. The van der Waals surface area contributed by atoms with E-state index in [0.717, 1.165) is 18.6 Å². The van der Waals surface area contributed by atoms with E-state index in [0.29, 0.717) is 13.0 Å². The molecule has 10 nitrogen and oxygen atoms in total. The first-order valence-electron chi connectivity index (χ1n) is 13.2. The molecule has 1 aliphatic heterocycles. The van der Waals surface area contributed by atoms with Gasteiger partial charge in [-0.3, -0.25) is 18.9 Å². The van der Waals surface area contributed by atoms with Crippen molar-refractivity contribution in [3.63, 3.8) is 0 Å². The van der Waals surface area contributed by atoms with Gasteiger partial charge in [0, 0.05) is 30.7 Å². The Morgan fingerprint density at radius 1 is 1.16 bits per heavy atom. The molecule has 0 radical (unpaired) electrons. The molecule has 3 amide bonds. The van der Waals surface area contributed by atoms with E-state index in [2.05, 4.69) is 10.6 Å². The Morgan fingerprint density at radius 2 is 1.82 bits per heavy atom. The van der Waals surface area contributed by atoms with E-state index in [1.807, 2.05) is 6.92 Å². The van der Waals surface area contributed by atoms with Crippen LogP contribution < -0.4 is 16.4 Å². The van der Waals surface area contributed by atoms with Crippen LogP contribution in [0.2, 0.25) is 0 Å². The van der Waals surface area contributed by atoms with E-state index in [-0.39, 0.29) is 61.3 Å². The van der Waals surface area contributed by atoms with Crippen LogP contribution in [0.25, 0.3) is 0 Å². The summed E-state index contributed by atoms with van der Waals surface area (Å²) in [4.78, 5) is 55.3. The Morgan fingerprint density at radius 3 is 2.39 bits per heavy atom. The predicted molar refractivity (Wildman–Crippen MR) is 138 cm³/mol. The summed E-state index contributed by atoms with van der Waals surface area (Å²) >= 11 is 1.77. The molecule has 2 saturated carbocycles. The summed E-state index contributed by atoms with van der Waals surface area (Å²) in [6.45, 7) is 3.75. The minimum absolute atomic E-state index is 0.0183. The predicted octanol–water partition coefficient (Wildman–Crippen LogP) is 2.36. The van der Waals surface area contributed by atoms with Crippen molar-refractivity contribution in [1.29, 1.82) is 0 Å². The molecule has 3 fully saturated rings. The quantitative estimate of drug-likeness (QED) is 0.258. The second-order valence-corrected chi connectivity index (χ2v) is 14.0. The SMILES string of the molecule is CC(=O)NC(CC1CCC(C(F)(F)P(=O)(O)O)CC1)C(=O)NC(C)C1CC2SCCCOC2C(C(N)=O)C1. The van der Waals surface area contributed by atoms with Crippen molar-refractivity contribution in [2.75, 3.05) is 12.4 Å². The van der Waals surface area contributed by atoms with Gasteiger partial charge in [-0.1, -0.05) is 0 Å². The van der Waals surface area contributed by atoms with Crippen LogP contribution in [0.4, 0.5) is 8.78 Å². The molecule has 1 saturated heterocycles. The van der Waals surface area contributed by atoms with Crippen LogP contribution in [0.5, 0.6) is 0 Å². The van der Waals surface area contributed by atoms with Crippen LogP contribution in [0.3, 0.4) is 0 Å². The lowest BCUT2D eigenvalue weighted by Gasteiger charge is -2.41. The van der Waals surface area contributed by atoms with Gasteiger partial charge in [0.1, 0.15) is 6.04 Å². The Bertz CT molecular complexity index is 915. The van der Waals surface area contributed by atoms with Crippen molar-refractivity contribution in [3.05, 3.63) is 0 Å². The summed E-state index contributed by atoms with van der Waals surface area (Å²) in [6.07, 6.45) is 2.51. The van der Waals surface area contributed by atoms with Gasteiger partial charge in [-0.05, 0) is 75.9 Å². The summed E-state index contributed by atoms with van der Waals surface area (Å²) in [5.41, 5.74) is 1.62. The number of ether oxygens (including phenoxy) is 1. The maximum atomic E-state index is 14.1. The van der Waals surface area contributed by atoms with Crippen molar-refractivity contribution < 1.29 is 42.3 Å². The summed E-state index contributed by atoms with van der Waals surface area (Å²) in [7, 11) is -5.56. The smallest absolute Gasteiger partial charge is 0.376 e. The number of nitrogens with one attached hydrogen (secondary N) is 2. The van der Waals surface area contributed by atoms with Crippen molar-refractivity contribution in [2.45, 2.75) is 94.3 Å². The second-order valence-electron chi connectivity index (χ2n) is 11.0. The van der Waals surface area contributed by atoms with Gasteiger partial charge >= 0.3 is 13.3 Å². The molecule has 38 heavy (non-hydrogen) atoms. The van der Waals surface area contributed by atoms with Gasteiger partial charge in [-0.15, -0.1) is 0 Å². The molecule has 3 aliphatic rings. The number of rotatable bonds is 9. The van der Waals surface area contributed by atoms with E-state index < -0.39 is 48.9 Å². The monoisotopic (exact) mass is 583 g/mol. The van der Waals surface area contributed by atoms with Gasteiger partial charge in [-0.2, -0.15) is 20.5 Å². The highest BCUT2D eigenvalue weighted by molar-refractivity contribution is 7.99. The minimum Gasteiger partial charge on any atom is -0.376 e.